The first-order valence-electron chi connectivity index (χ1n) is 19.7. The number of hydrogen-bond donors (Lipinski definition) is 5. The van der Waals surface area contributed by atoms with Crippen molar-refractivity contribution in [2.75, 3.05) is 20.2 Å². The molecular formula is C43H52N8O6. The van der Waals surface area contributed by atoms with Crippen LogP contribution in [-0.4, -0.2) is 91.1 Å². The molecule has 14 nitrogen and oxygen atoms in total. The van der Waals surface area contributed by atoms with Crippen LogP contribution in [0.3, 0.4) is 0 Å². The molecule has 5 N–H and O–H groups in total. The molecule has 2 saturated heterocycles. The molecule has 0 bridgehead atoms. The summed E-state index contributed by atoms with van der Waals surface area (Å²) in [5.74, 6) is 7.21. The number of piperidine rings is 2. The SMILES string of the molecule is COC(=O)N[C@H](C(=O)N1CCCCC1c1ncc(-c2ccc(C#Cc3ccc(-c4cnc([C@@H]5CCCCN5C(=O)[C@@H](NC(=O)O)C(C)C)[nH]4)cc3)cc2)[nH]1)C(C)C. The van der Waals surface area contributed by atoms with Crippen molar-refractivity contribution in [1.82, 2.24) is 40.4 Å². The highest BCUT2D eigenvalue weighted by molar-refractivity contribution is 5.87. The van der Waals surface area contributed by atoms with Crippen molar-refractivity contribution in [2.24, 2.45) is 11.8 Å². The number of rotatable bonds is 10. The van der Waals surface area contributed by atoms with Crippen LogP contribution in [0.25, 0.3) is 22.5 Å². The highest BCUT2D eigenvalue weighted by Crippen LogP contribution is 2.33. The summed E-state index contributed by atoms with van der Waals surface area (Å²) in [6.45, 7) is 8.61. The standard InChI is InChI=1S/C43H52N8O6/c1-26(2)36(48-42(54)55)40(52)50-22-8-6-10-34(50)38-44-24-32(46-38)30-18-14-28(15-19-30)12-13-29-16-20-31(21-17-29)33-25-45-39(47-33)35-11-7-9-23-51(35)41(53)37(27(3)4)49-43(56)57-5/h14-21,24-27,34-37,48H,6-11,22-23H2,1-5H3,(H,44,46)(H,45,47)(H,49,56)(H,54,55)/t34-,35?,36-,37-/m0/s1. The second-order valence-corrected chi connectivity index (χ2v) is 15.4. The van der Waals surface area contributed by atoms with Crippen LogP contribution in [-0.2, 0) is 14.3 Å². The molecule has 1 unspecified atom stereocenters. The molecule has 4 atom stereocenters. The van der Waals surface area contributed by atoms with Gasteiger partial charge in [-0.1, -0.05) is 63.8 Å². The van der Waals surface area contributed by atoms with Crippen molar-refractivity contribution in [1.29, 1.82) is 0 Å². The largest absolute Gasteiger partial charge is 0.465 e. The number of likely N-dealkylation sites (tertiary alicyclic amines) is 2. The average molecular weight is 777 g/mol. The Labute approximate surface area is 333 Å². The number of carboxylic acid groups (broad SMARTS) is 1. The van der Waals surface area contributed by atoms with Crippen LogP contribution in [0.2, 0.25) is 0 Å². The number of aromatic amines is 2. The number of hydrogen-bond acceptors (Lipinski definition) is 7. The lowest BCUT2D eigenvalue weighted by atomic mass is 9.97. The summed E-state index contributed by atoms with van der Waals surface area (Å²) in [6.07, 6.45) is 6.90. The number of nitrogens with zero attached hydrogens (tertiary/aromatic N) is 4. The van der Waals surface area contributed by atoms with Crippen LogP contribution in [0.1, 0.15) is 101 Å². The van der Waals surface area contributed by atoms with Crippen molar-refractivity contribution in [3.8, 4) is 34.4 Å². The molecule has 4 aromatic rings. The topological polar surface area (TPSA) is 186 Å². The molecule has 57 heavy (non-hydrogen) atoms. The lowest BCUT2D eigenvalue weighted by Gasteiger charge is -2.37. The van der Waals surface area contributed by atoms with Gasteiger partial charge in [-0.15, -0.1) is 0 Å². The smallest absolute Gasteiger partial charge is 0.407 e. The number of aromatic nitrogens is 4. The highest BCUT2D eigenvalue weighted by atomic mass is 16.5. The average Bonchev–Trinajstić information content (AvgIpc) is 3.92. The van der Waals surface area contributed by atoms with Gasteiger partial charge in [-0.25, -0.2) is 19.6 Å². The minimum Gasteiger partial charge on any atom is -0.465 e. The Kier molecular flexibility index (Phi) is 13.0. The number of imidazole rings is 2. The van der Waals surface area contributed by atoms with Gasteiger partial charge in [0.1, 0.15) is 23.7 Å². The van der Waals surface area contributed by atoms with Gasteiger partial charge in [0.2, 0.25) is 11.8 Å². The molecular weight excluding hydrogens is 725 g/mol. The summed E-state index contributed by atoms with van der Waals surface area (Å²) in [7, 11) is 1.29. The van der Waals surface area contributed by atoms with Crippen molar-refractivity contribution in [3.63, 3.8) is 0 Å². The predicted molar refractivity (Wildman–Crippen MR) is 215 cm³/mol. The monoisotopic (exact) mass is 776 g/mol. The highest BCUT2D eigenvalue weighted by Gasteiger charge is 2.37. The van der Waals surface area contributed by atoms with Gasteiger partial charge in [0.05, 0.1) is 43.0 Å². The van der Waals surface area contributed by atoms with Crippen LogP contribution in [0.4, 0.5) is 9.59 Å². The van der Waals surface area contributed by atoms with Crippen molar-refractivity contribution < 1.29 is 29.0 Å². The fraction of sp³-hybridized carbons (Fsp3) is 0.442. The van der Waals surface area contributed by atoms with E-state index in [0.29, 0.717) is 24.7 Å². The Bertz CT molecular complexity index is 2090. The maximum absolute atomic E-state index is 13.6. The summed E-state index contributed by atoms with van der Waals surface area (Å²) < 4.78 is 4.77. The molecule has 0 radical (unpaired) electrons. The Morgan fingerprint density at radius 2 is 1.12 bits per heavy atom. The van der Waals surface area contributed by atoms with Crippen LogP contribution < -0.4 is 10.6 Å². The zero-order chi connectivity index (χ0) is 40.6. The van der Waals surface area contributed by atoms with E-state index in [2.05, 4.69) is 42.4 Å². The number of carbonyl (C=O) groups is 4. The van der Waals surface area contributed by atoms with E-state index in [1.54, 1.807) is 17.3 Å². The number of carbonyl (C=O) groups excluding carboxylic acids is 3. The Morgan fingerprint density at radius 3 is 1.51 bits per heavy atom. The number of nitrogens with one attached hydrogen (secondary N) is 4. The van der Waals surface area contributed by atoms with Gasteiger partial charge < -0.3 is 40.2 Å². The fourth-order valence-electron chi connectivity index (χ4n) is 7.58. The van der Waals surface area contributed by atoms with Crippen molar-refractivity contribution in [2.45, 2.75) is 90.4 Å². The number of amides is 4. The van der Waals surface area contributed by atoms with Gasteiger partial charge in [0, 0.05) is 24.2 Å². The van der Waals surface area contributed by atoms with Gasteiger partial charge in [0.25, 0.3) is 0 Å². The summed E-state index contributed by atoms with van der Waals surface area (Å²) in [6, 6.07) is 13.8. The third-order valence-corrected chi connectivity index (χ3v) is 10.7. The molecule has 0 spiro atoms. The molecule has 14 heteroatoms. The molecule has 0 saturated carbocycles. The second kappa shape index (κ2) is 18.2. The summed E-state index contributed by atoms with van der Waals surface area (Å²) in [4.78, 5) is 70.3. The Balaban J connectivity index is 1.09. The van der Waals surface area contributed by atoms with Crippen molar-refractivity contribution in [3.05, 3.63) is 83.7 Å². The number of H-pyrrole nitrogens is 2. The lowest BCUT2D eigenvalue weighted by Crippen LogP contribution is -2.53. The van der Waals surface area contributed by atoms with E-state index in [-0.39, 0.29) is 35.7 Å². The van der Waals surface area contributed by atoms with Gasteiger partial charge in [0.15, 0.2) is 0 Å². The van der Waals surface area contributed by atoms with Gasteiger partial charge in [-0.05, 0) is 85.8 Å². The fourth-order valence-corrected chi connectivity index (χ4v) is 7.58. The zero-order valence-electron chi connectivity index (χ0n) is 33.2. The van der Waals surface area contributed by atoms with E-state index >= 15 is 0 Å². The molecule has 2 aliphatic heterocycles. The molecule has 300 valence electrons. The second-order valence-electron chi connectivity index (χ2n) is 15.4. The molecule has 0 aliphatic carbocycles. The van der Waals surface area contributed by atoms with Crippen molar-refractivity contribution >= 4 is 24.0 Å². The van der Waals surface area contributed by atoms with Gasteiger partial charge in [-0.2, -0.15) is 0 Å². The summed E-state index contributed by atoms with van der Waals surface area (Å²) in [5, 5.41) is 14.4. The van der Waals surface area contributed by atoms with E-state index in [1.807, 2.05) is 81.1 Å². The summed E-state index contributed by atoms with van der Waals surface area (Å²) in [5.41, 5.74) is 5.24. The van der Waals surface area contributed by atoms with Crippen LogP contribution in [0.5, 0.6) is 0 Å². The third kappa shape index (κ3) is 9.65. The molecule has 2 aliphatic rings. The van der Waals surface area contributed by atoms with E-state index in [0.717, 1.165) is 72.2 Å². The van der Waals surface area contributed by atoms with E-state index < -0.39 is 24.3 Å². The number of ether oxygens (including phenoxy) is 1. The van der Waals surface area contributed by atoms with E-state index in [4.69, 9.17) is 4.74 Å². The quantitative estimate of drug-likeness (QED) is 0.111. The first kappa shape index (κ1) is 40.6. The number of benzene rings is 2. The molecule has 2 aromatic heterocycles. The van der Waals surface area contributed by atoms with E-state index in [9.17, 15) is 24.3 Å². The minimum absolute atomic E-state index is 0.112. The van der Waals surface area contributed by atoms with E-state index in [1.165, 1.54) is 7.11 Å². The van der Waals surface area contributed by atoms with Crippen LogP contribution in [0.15, 0.2) is 60.9 Å². The Morgan fingerprint density at radius 1 is 0.702 bits per heavy atom. The van der Waals surface area contributed by atoms with Gasteiger partial charge >= 0.3 is 12.2 Å². The molecule has 6 rings (SSSR count). The molecule has 4 heterocycles. The van der Waals surface area contributed by atoms with Crippen LogP contribution >= 0.6 is 0 Å². The normalized spacial score (nSPS) is 18.0. The first-order valence-corrected chi connectivity index (χ1v) is 19.7. The lowest BCUT2D eigenvalue weighted by molar-refractivity contribution is -0.139. The van der Waals surface area contributed by atoms with Crippen LogP contribution in [0, 0.1) is 23.7 Å². The minimum atomic E-state index is -1.21. The zero-order valence-corrected chi connectivity index (χ0v) is 33.2. The molecule has 4 amide bonds. The third-order valence-electron chi connectivity index (χ3n) is 10.7. The number of methoxy groups -OCH3 is 1. The molecule has 2 aromatic carbocycles. The number of alkyl carbamates (subject to hydrolysis) is 1. The first-order chi connectivity index (χ1) is 27.4. The Hall–Kier alpha value is -6.10. The predicted octanol–water partition coefficient (Wildman–Crippen LogP) is 6.65. The maximum Gasteiger partial charge on any atom is 0.407 e. The maximum atomic E-state index is 13.6. The van der Waals surface area contributed by atoms with Gasteiger partial charge in [-0.3, -0.25) is 9.59 Å². The molecule has 2 fully saturated rings. The summed E-state index contributed by atoms with van der Waals surface area (Å²) >= 11 is 0.